The average molecular weight is 404 g/mol. The lowest BCUT2D eigenvalue weighted by Gasteiger charge is -2.35. The smallest absolute Gasteiger partial charge is 0.194 e. The Balaban J connectivity index is 1.50. The SMILES string of the molecule is CCNC(=NCc1cc(C)cc(OC)c1)N1CCC(OCC2CCCCO2)CC1. The van der Waals surface area contributed by atoms with Gasteiger partial charge >= 0.3 is 0 Å². The number of rotatable bonds is 7. The second-order valence-corrected chi connectivity index (χ2v) is 8.04. The van der Waals surface area contributed by atoms with Crippen molar-refractivity contribution >= 4 is 5.96 Å². The minimum Gasteiger partial charge on any atom is -0.497 e. The number of guanidine groups is 1. The van der Waals surface area contributed by atoms with Crippen molar-refractivity contribution in [1.82, 2.24) is 10.2 Å². The summed E-state index contributed by atoms with van der Waals surface area (Å²) in [6.45, 7) is 9.30. The highest BCUT2D eigenvalue weighted by Gasteiger charge is 2.23. The van der Waals surface area contributed by atoms with E-state index in [-0.39, 0.29) is 0 Å². The summed E-state index contributed by atoms with van der Waals surface area (Å²) in [7, 11) is 1.71. The van der Waals surface area contributed by atoms with Gasteiger partial charge in [0.15, 0.2) is 5.96 Å². The van der Waals surface area contributed by atoms with Crippen LogP contribution in [0.25, 0.3) is 0 Å². The summed E-state index contributed by atoms with van der Waals surface area (Å²) in [5.41, 5.74) is 2.36. The van der Waals surface area contributed by atoms with Crippen LogP contribution in [0, 0.1) is 6.92 Å². The predicted molar refractivity (Wildman–Crippen MR) is 117 cm³/mol. The molecule has 1 aromatic carbocycles. The molecule has 0 spiro atoms. The van der Waals surface area contributed by atoms with Crippen LogP contribution in [-0.4, -0.2) is 63.0 Å². The molecule has 1 atom stereocenters. The average Bonchev–Trinajstić information content (AvgIpc) is 2.76. The van der Waals surface area contributed by atoms with Gasteiger partial charge in [0.25, 0.3) is 0 Å². The lowest BCUT2D eigenvalue weighted by atomic mass is 10.1. The number of likely N-dealkylation sites (tertiary alicyclic amines) is 1. The van der Waals surface area contributed by atoms with Crippen molar-refractivity contribution in [2.24, 2.45) is 4.99 Å². The molecule has 2 aliphatic rings. The molecule has 6 heteroatoms. The monoisotopic (exact) mass is 403 g/mol. The largest absolute Gasteiger partial charge is 0.497 e. The van der Waals surface area contributed by atoms with E-state index in [1.807, 2.05) is 6.07 Å². The summed E-state index contributed by atoms with van der Waals surface area (Å²) in [5, 5.41) is 3.45. The molecular formula is C23H37N3O3. The molecule has 0 radical (unpaired) electrons. The summed E-state index contributed by atoms with van der Waals surface area (Å²) in [4.78, 5) is 7.24. The number of methoxy groups -OCH3 is 1. The zero-order valence-corrected chi connectivity index (χ0v) is 18.3. The number of nitrogens with one attached hydrogen (secondary N) is 1. The van der Waals surface area contributed by atoms with E-state index >= 15 is 0 Å². The molecule has 2 heterocycles. The van der Waals surface area contributed by atoms with Crippen LogP contribution in [0.1, 0.15) is 50.2 Å². The fourth-order valence-corrected chi connectivity index (χ4v) is 4.04. The van der Waals surface area contributed by atoms with E-state index in [1.165, 1.54) is 24.0 Å². The summed E-state index contributed by atoms with van der Waals surface area (Å²) >= 11 is 0. The zero-order valence-electron chi connectivity index (χ0n) is 18.3. The van der Waals surface area contributed by atoms with E-state index < -0.39 is 0 Å². The second-order valence-electron chi connectivity index (χ2n) is 8.04. The maximum atomic E-state index is 6.15. The number of aryl methyl sites for hydroxylation is 1. The van der Waals surface area contributed by atoms with Gasteiger partial charge in [-0.05, 0) is 69.2 Å². The highest BCUT2D eigenvalue weighted by molar-refractivity contribution is 5.80. The van der Waals surface area contributed by atoms with Gasteiger partial charge in [0.2, 0.25) is 0 Å². The van der Waals surface area contributed by atoms with Gasteiger partial charge < -0.3 is 24.4 Å². The Morgan fingerprint density at radius 3 is 2.72 bits per heavy atom. The van der Waals surface area contributed by atoms with Gasteiger partial charge in [-0.3, -0.25) is 0 Å². The number of hydrogen-bond donors (Lipinski definition) is 1. The Kier molecular flexibility index (Phi) is 8.62. The second kappa shape index (κ2) is 11.4. The highest BCUT2D eigenvalue weighted by atomic mass is 16.5. The predicted octanol–water partition coefficient (Wildman–Crippen LogP) is 3.52. The number of nitrogens with zero attached hydrogens (tertiary/aromatic N) is 2. The number of aliphatic imine (C=N–C) groups is 1. The van der Waals surface area contributed by atoms with Crippen molar-refractivity contribution in [3.8, 4) is 5.75 Å². The van der Waals surface area contributed by atoms with E-state index in [0.29, 0.717) is 18.8 Å². The van der Waals surface area contributed by atoms with E-state index in [9.17, 15) is 0 Å². The molecule has 0 bridgehead atoms. The molecule has 1 unspecified atom stereocenters. The fraction of sp³-hybridized carbons (Fsp3) is 0.696. The maximum Gasteiger partial charge on any atom is 0.194 e. The van der Waals surface area contributed by atoms with Gasteiger partial charge in [0.05, 0.1) is 32.5 Å². The first-order chi connectivity index (χ1) is 14.2. The van der Waals surface area contributed by atoms with Gasteiger partial charge in [-0.15, -0.1) is 0 Å². The van der Waals surface area contributed by atoms with Crippen LogP contribution in [0.3, 0.4) is 0 Å². The zero-order chi connectivity index (χ0) is 20.5. The molecular weight excluding hydrogens is 366 g/mol. The van der Waals surface area contributed by atoms with Crippen LogP contribution < -0.4 is 10.1 Å². The van der Waals surface area contributed by atoms with Gasteiger partial charge in [0.1, 0.15) is 5.75 Å². The lowest BCUT2D eigenvalue weighted by Crippen LogP contribution is -2.47. The fourth-order valence-electron chi connectivity index (χ4n) is 4.04. The highest BCUT2D eigenvalue weighted by Crippen LogP contribution is 2.19. The minimum atomic E-state index is 0.298. The van der Waals surface area contributed by atoms with Crippen LogP contribution >= 0.6 is 0 Å². The number of hydrogen-bond acceptors (Lipinski definition) is 4. The summed E-state index contributed by atoms with van der Waals surface area (Å²) in [5.74, 6) is 1.88. The van der Waals surface area contributed by atoms with Crippen LogP contribution in [0.2, 0.25) is 0 Å². The third-order valence-corrected chi connectivity index (χ3v) is 5.63. The molecule has 29 heavy (non-hydrogen) atoms. The summed E-state index contributed by atoms with van der Waals surface area (Å²) in [6, 6.07) is 6.28. The van der Waals surface area contributed by atoms with Gasteiger partial charge in [-0.1, -0.05) is 6.07 Å². The summed E-state index contributed by atoms with van der Waals surface area (Å²) < 4.78 is 17.3. The molecule has 0 amide bonds. The van der Waals surface area contributed by atoms with E-state index in [4.69, 9.17) is 19.2 Å². The third-order valence-electron chi connectivity index (χ3n) is 5.63. The number of piperidine rings is 1. The van der Waals surface area contributed by atoms with Gasteiger partial charge in [-0.2, -0.15) is 0 Å². The summed E-state index contributed by atoms with van der Waals surface area (Å²) in [6.07, 6.45) is 6.30. The van der Waals surface area contributed by atoms with Crippen molar-refractivity contribution in [1.29, 1.82) is 0 Å². The minimum absolute atomic E-state index is 0.298. The molecule has 6 nitrogen and oxygen atoms in total. The third kappa shape index (κ3) is 6.89. The molecule has 2 saturated heterocycles. The van der Waals surface area contributed by atoms with Crippen molar-refractivity contribution in [2.75, 3.05) is 40.0 Å². The van der Waals surface area contributed by atoms with E-state index in [1.54, 1.807) is 7.11 Å². The molecule has 2 fully saturated rings. The Bertz CT molecular complexity index is 651. The molecule has 2 aliphatic heterocycles. The topological polar surface area (TPSA) is 55.3 Å². The van der Waals surface area contributed by atoms with Crippen LogP contribution in [0.5, 0.6) is 5.75 Å². The maximum absolute atomic E-state index is 6.15. The quantitative estimate of drug-likeness (QED) is 0.558. The molecule has 1 aromatic rings. The first-order valence-corrected chi connectivity index (χ1v) is 11.1. The Morgan fingerprint density at radius 1 is 1.21 bits per heavy atom. The van der Waals surface area contributed by atoms with Crippen molar-refractivity contribution in [3.63, 3.8) is 0 Å². The van der Waals surface area contributed by atoms with Crippen LogP contribution in [0.15, 0.2) is 23.2 Å². The van der Waals surface area contributed by atoms with Crippen molar-refractivity contribution in [3.05, 3.63) is 29.3 Å². The molecule has 0 aromatic heterocycles. The Labute approximate surface area is 175 Å². The van der Waals surface area contributed by atoms with Gasteiger partial charge in [-0.25, -0.2) is 4.99 Å². The standard InChI is InChI=1S/C23H37N3O3/c1-4-24-23(25-16-19-13-18(2)14-22(15-19)27-3)26-10-8-20(9-11-26)29-17-21-7-5-6-12-28-21/h13-15,20-21H,4-12,16-17H2,1-3H3,(H,24,25). The van der Waals surface area contributed by atoms with E-state index in [2.05, 4.69) is 36.2 Å². The number of ether oxygens (including phenoxy) is 3. The molecule has 0 saturated carbocycles. The molecule has 1 N–H and O–H groups in total. The Hall–Kier alpha value is -1.79. The van der Waals surface area contributed by atoms with Crippen LogP contribution in [0.4, 0.5) is 0 Å². The molecule has 0 aliphatic carbocycles. The van der Waals surface area contributed by atoms with E-state index in [0.717, 1.165) is 63.8 Å². The van der Waals surface area contributed by atoms with Gasteiger partial charge in [0, 0.05) is 26.2 Å². The van der Waals surface area contributed by atoms with Crippen molar-refractivity contribution in [2.45, 2.75) is 64.7 Å². The van der Waals surface area contributed by atoms with Crippen molar-refractivity contribution < 1.29 is 14.2 Å². The first-order valence-electron chi connectivity index (χ1n) is 11.1. The molecule has 3 rings (SSSR count). The molecule has 162 valence electrons. The Morgan fingerprint density at radius 2 is 2.03 bits per heavy atom. The number of benzene rings is 1. The normalized spacial score (nSPS) is 21.3. The first kappa shape index (κ1) is 21.9. The van der Waals surface area contributed by atoms with Crippen LogP contribution in [-0.2, 0) is 16.0 Å². The lowest BCUT2D eigenvalue weighted by molar-refractivity contribution is -0.0721.